The fourth-order valence-electron chi connectivity index (χ4n) is 2.30. The summed E-state index contributed by atoms with van der Waals surface area (Å²) in [7, 11) is 0. The van der Waals surface area contributed by atoms with Gasteiger partial charge < -0.3 is 15.3 Å². The van der Waals surface area contributed by atoms with Crippen molar-refractivity contribution in [2.24, 2.45) is 0 Å². The van der Waals surface area contributed by atoms with Gasteiger partial charge in [-0.1, -0.05) is 18.2 Å². The first-order valence-electron chi connectivity index (χ1n) is 5.54. The number of benzene rings is 1. The van der Waals surface area contributed by atoms with Gasteiger partial charge in [0.05, 0.1) is 17.8 Å². The fraction of sp³-hybridized carbons (Fsp3) is 0.308. The van der Waals surface area contributed by atoms with E-state index in [-0.39, 0.29) is 6.42 Å². The van der Waals surface area contributed by atoms with Crippen LogP contribution in [-0.2, 0) is 4.79 Å². The molecule has 1 aliphatic rings. The molecular formula is C13H16N2O2. The summed E-state index contributed by atoms with van der Waals surface area (Å²) in [5, 5.41) is 12.3. The van der Waals surface area contributed by atoms with Crippen LogP contribution in [0.2, 0.25) is 0 Å². The van der Waals surface area contributed by atoms with Crippen LogP contribution in [0, 0.1) is 0 Å². The number of fused-ring (bicyclic) bond motifs is 1. The van der Waals surface area contributed by atoms with E-state index in [0.717, 1.165) is 11.4 Å². The standard InChI is InChI=1S/C13H16N2O2/c1-3-8-15-11-7-5-4-6-10(11)14-13(15,2)9-12(16)17/h3-7,14H,1,8-9H2,2H3,(H,16,17). The molecule has 2 rings (SSSR count). The topological polar surface area (TPSA) is 52.6 Å². The van der Waals surface area contributed by atoms with E-state index in [1.54, 1.807) is 6.08 Å². The van der Waals surface area contributed by atoms with Gasteiger partial charge in [0.25, 0.3) is 0 Å². The van der Waals surface area contributed by atoms with E-state index < -0.39 is 11.6 Å². The number of anilines is 2. The van der Waals surface area contributed by atoms with Crippen molar-refractivity contribution in [3.05, 3.63) is 36.9 Å². The van der Waals surface area contributed by atoms with Crippen molar-refractivity contribution in [3.8, 4) is 0 Å². The van der Waals surface area contributed by atoms with Gasteiger partial charge in [0.1, 0.15) is 5.66 Å². The molecule has 0 radical (unpaired) electrons. The highest BCUT2D eigenvalue weighted by Gasteiger charge is 2.40. The number of rotatable bonds is 4. The summed E-state index contributed by atoms with van der Waals surface area (Å²) in [5.41, 5.74) is 1.40. The van der Waals surface area contributed by atoms with Crippen molar-refractivity contribution in [1.82, 2.24) is 0 Å². The van der Waals surface area contributed by atoms with Crippen molar-refractivity contribution in [1.29, 1.82) is 0 Å². The summed E-state index contributed by atoms with van der Waals surface area (Å²) >= 11 is 0. The minimum Gasteiger partial charge on any atom is -0.481 e. The number of para-hydroxylation sites is 2. The minimum absolute atomic E-state index is 0.0372. The van der Waals surface area contributed by atoms with Crippen molar-refractivity contribution < 1.29 is 9.90 Å². The number of aliphatic carboxylic acids is 1. The van der Waals surface area contributed by atoms with Gasteiger partial charge in [0, 0.05) is 6.54 Å². The highest BCUT2D eigenvalue weighted by Crippen LogP contribution is 2.40. The van der Waals surface area contributed by atoms with Gasteiger partial charge in [-0.3, -0.25) is 4.79 Å². The summed E-state index contributed by atoms with van der Waals surface area (Å²) in [4.78, 5) is 13.0. The molecule has 0 fully saturated rings. The molecule has 1 atom stereocenters. The third kappa shape index (κ3) is 1.98. The van der Waals surface area contributed by atoms with Crippen LogP contribution in [-0.4, -0.2) is 23.3 Å². The van der Waals surface area contributed by atoms with E-state index in [4.69, 9.17) is 5.11 Å². The molecule has 1 heterocycles. The molecule has 0 bridgehead atoms. The smallest absolute Gasteiger partial charge is 0.307 e. The fourth-order valence-corrected chi connectivity index (χ4v) is 2.30. The van der Waals surface area contributed by atoms with Crippen LogP contribution in [0.1, 0.15) is 13.3 Å². The first-order chi connectivity index (χ1) is 8.07. The second-order valence-electron chi connectivity index (χ2n) is 4.39. The lowest BCUT2D eigenvalue weighted by molar-refractivity contribution is -0.138. The highest BCUT2D eigenvalue weighted by atomic mass is 16.4. The Kier molecular flexibility index (Phi) is 2.79. The number of nitrogens with zero attached hydrogens (tertiary/aromatic N) is 1. The molecule has 2 N–H and O–H groups in total. The lowest BCUT2D eigenvalue weighted by Crippen LogP contribution is -2.49. The largest absolute Gasteiger partial charge is 0.481 e. The summed E-state index contributed by atoms with van der Waals surface area (Å²) in [6, 6.07) is 7.82. The molecule has 17 heavy (non-hydrogen) atoms. The molecular weight excluding hydrogens is 216 g/mol. The van der Waals surface area contributed by atoms with E-state index in [0.29, 0.717) is 6.54 Å². The molecule has 1 unspecified atom stereocenters. The van der Waals surface area contributed by atoms with Crippen LogP contribution < -0.4 is 10.2 Å². The molecule has 1 aliphatic heterocycles. The Labute approximate surface area is 101 Å². The molecule has 90 valence electrons. The monoisotopic (exact) mass is 232 g/mol. The number of carboxylic acid groups (broad SMARTS) is 1. The lowest BCUT2D eigenvalue weighted by Gasteiger charge is -2.35. The van der Waals surface area contributed by atoms with Gasteiger partial charge >= 0.3 is 5.97 Å². The minimum atomic E-state index is -0.818. The number of carbonyl (C=O) groups is 1. The van der Waals surface area contributed by atoms with Gasteiger partial charge in [0.2, 0.25) is 0 Å². The number of hydrogen-bond donors (Lipinski definition) is 2. The van der Waals surface area contributed by atoms with E-state index in [1.165, 1.54) is 0 Å². The highest BCUT2D eigenvalue weighted by molar-refractivity contribution is 5.81. The zero-order valence-electron chi connectivity index (χ0n) is 9.81. The van der Waals surface area contributed by atoms with Crippen LogP contribution in [0.25, 0.3) is 0 Å². The lowest BCUT2D eigenvalue weighted by atomic mass is 10.1. The summed E-state index contributed by atoms with van der Waals surface area (Å²) < 4.78 is 0. The van der Waals surface area contributed by atoms with Gasteiger partial charge in [-0.2, -0.15) is 0 Å². The third-order valence-electron chi connectivity index (χ3n) is 3.00. The normalized spacial score (nSPS) is 21.8. The number of hydrogen-bond acceptors (Lipinski definition) is 3. The molecule has 1 aromatic rings. The predicted octanol–water partition coefficient (Wildman–Crippen LogP) is 2.30. The Bertz CT molecular complexity index is 458. The van der Waals surface area contributed by atoms with Crippen LogP contribution in [0.3, 0.4) is 0 Å². The second kappa shape index (κ2) is 4.13. The second-order valence-corrected chi connectivity index (χ2v) is 4.39. The van der Waals surface area contributed by atoms with Gasteiger partial charge in [-0.15, -0.1) is 6.58 Å². The quantitative estimate of drug-likeness (QED) is 0.782. The molecule has 0 saturated heterocycles. The third-order valence-corrected chi connectivity index (χ3v) is 3.00. The first kappa shape index (κ1) is 11.5. The van der Waals surface area contributed by atoms with Gasteiger partial charge in [0.15, 0.2) is 0 Å². The van der Waals surface area contributed by atoms with E-state index in [1.807, 2.05) is 36.1 Å². The van der Waals surface area contributed by atoms with Crippen LogP contribution in [0.15, 0.2) is 36.9 Å². The van der Waals surface area contributed by atoms with Crippen molar-refractivity contribution in [2.45, 2.75) is 19.0 Å². The maximum absolute atomic E-state index is 11.0. The van der Waals surface area contributed by atoms with Crippen LogP contribution in [0.4, 0.5) is 11.4 Å². The zero-order valence-corrected chi connectivity index (χ0v) is 9.81. The number of carboxylic acids is 1. The Morgan fingerprint density at radius 3 is 2.94 bits per heavy atom. The first-order valence-corrected chi connectivity index (χ1v) is 5.54. The molecule has 0 amide bonds. The van der Waals surface area contributed by atoms with Gasteiger partial charge in [-0.25, -0.2) is 0 Å². The molecule has 4 nitrogen and oxygen atoms in total. The number of nitrogens with one attached hydrogen (secondary N) is 1. The van der Waals surface area contributed by atoms with Crippen molar-refractivity contribution in [2.75, 3.05) is 16.8 Å². The van der Waals surface area contributed by atoms with Crippen LogP contribution >= 0.6 is 0 Å². The molecule has 0 aliphatic carbocycles. The molecule has 4 heteroatoms. The average Bonchev–Trinajstić information content (AvgIpc) is 2.51. The van der Waals surface area contributed by atoms with Crippen molar-refractivity contribution in [3.63, 3.8) is 0 Å². The summed E-state index contributed by atoms with van der Waals surface area (Å²) in [5.74, 6) is -0.818. The summed E-state index contributed by atoms with van der Waals surface area (Å²) in [6.07, 6.45) is 1.82. The van der Waals surface area contributed by atoms with Crippen LogP contribution in [0.5, 0.6) is 0 Å². The van der Waals surface area contributed by atoms with E-state index in [9.17, 15) is 4.79 Å². The molecule has 0 aromatic heterocycles. The zero-order chi connectivity index (χ0) is 12.5. The Balaban J connectivity index is 2.38. The predicted molar refractivity (Wildman–Crippen MR) is 68.3 cm³/mol. The molecule has 0 saturated carbocycles. The Morgan fingerprint density at radius 1 is 1.59 bits per heavy atom. The van der Waals surface area contributed by atoms with Crippen molar-refractivity contribution >= 4 is 17.3 Å². The average molecular weight is 232 g/mol. The molecule has 0 spiro atoms. The van der Waals surface area contributed by atoms with Gasteiger partial charge in [-0.05, 0) is 19.1 Å². The molecule has 1 aromatic carbocycles. The maximum atomic E-state index is 11.0. The Hall–Kier alpha value is -1.97. The SMILES string of the molecule is C=CCN1c2ccccc2NC1(C)CC(=O)O. The summed E-state index contributed by atoms with van der Waals surface area (Å²) in [6.45, 7) is 6.24. The Morgan fingerprint density at radius 2 is 2.29 bits per heavy atom. The van der Waals surface area contributed by atoms with E-state index in [2.05, 4.69) is 11.9 Å². The van der Waals surface area contributed by atoms with E-state index >= 15 is 0 Å². The maximum Gasteiger partial charge on any atom is 0.307 e.